The number of rotatable bonds is 4. The van der Waals surface area contributed by atoms with Gasteiger partial charge in [0.15, 0.2) is 0 Å². The van der Waals surface area contributed by atoms with E-state index in [1.54, 1.807) is 5.40 Å². The lowest BCUT2D eigenvalue weighted by Crippen LogP contribution is -2.11. The van der Waals surface area contributed by atoms with Crippen LogP contribution < -0.4 is 5.73 Å². The maximum atomic E-state index is 11.2. The molecule has 0 amide bonds. The molecular weight excluding hydrogens is 202 g/mol. The topological polar surface area (TPSA) is 99.9 Å². The molecule has 0 fully saturated rings. The minimum atomic E-state index is -0.660. The molecule has 0 unspecified atom stereocenters. The number of nitriles is 2. The third-order valence-corrected chi connectivity index (χ3v) is 1.92. The zero-order valence-electron chi connectivity index (χ0n) is 7.61. The van der Waals surface area contributed by atoms with Gasteiger partial charge in [-0.15, -0.1) is 0 Å². The van der Waals surface area contributed by atoms with E-state index in [-0.39, 0.29) is 23.6 Å². The van der Waals surface area contributed by atoms with E-state index in [4.69, 9.17) is 16.3 Å². The van der Waals surface area contributed by atoms with Crippen molar-refractivity contribution in [2.75, 3.05) is 6.61 Å². The third-order valence-electron chi connectivity index (χ3n) is 1.14. The van der Waals surface area contributed by atoms with E-state index in [1.165, 1.54) is 6.92 Å². The van der Waals surface area contributed by atoms with Crippen LogP contribution >= 0.6 is 11.8 Å². The van der Waals surface area contributed by atoms with Crippen LogP contribution in [0.15, 0.2) is 10.6 Å². The Labute approximate surface area is 86.1 Å². The van der Waals surface area contributed by atoms with Gasteiger partial charge in [-0.05, 0) is 18.7 Å². The van der Waals surface area contributed by atoms with Crippen molar-refractivity contribution in [1.82, 2.24) is 0 Å². The normalized spacial score (nSPS) is 10.8. The first-order valence-electron chi connectivity index (χ1n) is 3.69. The lowest BCUT2D eigenvalue weighted by atomic mass is 10.4. The van der Waals surface area contributed by atoms with Crippen molar-refractivity contribution in [3.05, 3.63) is 10.6 Å². The average molecular weight is 211 g/mol. The summed E-state index contributed by atoms with van der Waals surface area (Å²) in [6, 6.07) is 1.83. The molecular formula is C8H9N3O2S. The molecule has 0 saturated carbocycles. The van der Waals surface area contributed by atoms with Gasteiger partial charge < -0.3 is 10.5 Å². The monoisotopic (exact) mass is 211 g/mol. The Kier molecular flexibility index (Phi) is 6.01. The van der Waals surface area contributed by atoms with Crippen LogP contribution in [0, 0.1) is 22.0 Å². The van der Waals surface area contributed by atoms with Gasteiger partial charge in [-0.3, -0.25) is 0 Å². The second-order valence-corrected chi connectivity index (χ2v) is 3.04. The predicted molar refractivity (Wildman–Crippen MR) is 51.3 cm³/mol. The lowest BCUT2D eigenvalue weighted by molar-refractivity contribution is -0.138. The molecule has 74 valence electrons. The van der Waals surface area contributed by atoms with Crippen LogP contribution in [0.4, 0.5) is 0 Å². The Hall–Kier alpha value is -1.66. The Balaban J connectivity index is 4.29. The number of esters is 1. The number of hydrogen-bond donors (Lipinski definition) is 1. The van der Waals surface area contributed by atoms with Gasteiger partial charge in [0.1, 0.15) is 16.9 Å². The lowest BCUT2D eigenvalue weighted by Gasteiger charge is -2.04. The van der Waals surface area contributed by atoms with Crippen LogP contribution in [-0.2, 0) is 9.53 Å². The summed E-state index contributed by atoms with van der Waals surface area (Å²) in [6.07, 6.45) is 0.125. The molecule has 0 aromatic heterocycles. The number of carbonyl (C=O) groups is 1. The number of allylic oxidation sites excluding steroid dienone is 1. The Bertz CT molecular complexity index is 320. The van der Waals surface area contributed by atoms with Crippen LogP contribution in [0.25, 0.3) is 0 Å². The van der Waals surface area contributed by atoms with Crippen molar-refractivity contribution in [2.24, 2.45) is 5.73 Å². The van der Waals surface area contributed by atoms with E-state index in [9.17, 15) is 4.79 Å². The molecule has 0 bridgehead atoms. The summed E-state index contributed by atoms with van der Waals surface area (Å²) in [5, 5.41) is 18.3. The van der Waals surface area contributed by atoms with E-state index < -0.39 is 5.97 Å². The summed E-state index contributed by atoms with van der Waals surface area (Å²) in [4.78, 5) is 11.3. The van der Waals surface area contributed by atoms with E-state index in [2.05, 4.69) is 4.74 Å². The fraction of sp³-hybridized carbons (Fsp3) is 0.375. The predicted octanol–water partition coefficient (Wildman–Crippen LogP) is 0.848. The highest BCUT2D eigenvalue weighted by atomic mass is 32.2. The van der Waals surface area contributed by atoms with Gasteiger partial charge >= 0.3 is 5.97 Å². The van der Waals surface area contributed by atoms with Gasteiger partial charge in [-0.1, -0.05) is 0 Å². The summed E-state index contributed by atoms with van der Waals surface area (Å²) in [6.45, 7) is 1.52. The molecule has 6 heteroatoms. The van der Waals surface area contributed by atoms with Crippen LogP contribution in [0.3, 0.4) is 0 Å². The van der Waals surface area contributed by atoms with E-state index in [0.29, 0.717) is 11.8 Å². The number of thiocyanates is 1. The number of nitrogens with two attached hydrogens (primary N) is 1. The maximum Gasteiger partial charge on any atom is 0.347 e. The number of ether oxygens (including phenoxy) is 1. The molecule has 0 aliphatic rings. The molecule has 5 nitrogen and oxygen atoms in total. The summed E-state index contributed by atoms with van der Waals surface area (Å²) < 4.78 is 4.69. The highest BCUT2D eigenvalue weighted by Gasteiger charge is 2.13. The summed E-state index contributed by atoms with van der Waals surface area (Å²) in [7, 11) is 0. The second-order valence-electron chi connectivity index (χ2n) is 2.25. The standard InChI is InChI=1S/C8H9N3O2S/c1-6(11)7(14-5-10)8(12)13-4-2-3-9/h2,4,11H2,1H3/b7-6+. The van der Waals surface area contributed by atoms with Gasteiger partial charge in [-0.2, -0.15) is 10.5 Å². The van der Waals surface area contributed by atoms with Crippen molar-refractivity contribution in [2.45, 2.75) is 13.3 Å². The van der Waals surface area contributed by atoms with Crippen LogP contribution in [0.2, 0.25) is 0 Å². The Morgan fingerprint density at radius 3 is 2.64 bits per heavy atom. The second kappa shape index (κ2) is 6.81. The molecule has 0 atom stereocenters. The largest absolute Gasteiger partial charge is 0.461 e. The molecule has 0 heterocycles. The molecule has 0 spiro atoms. The van der Waals surface area contributed by atoms with Crippen LogP contribution in [-0.4, -0.2) is 12.6 Å². The van der Waals surface area contributed by atoms with Gasteiger partial charge in [0, 0.05) is 5.70 Å². The van der Waals surface area contributed by atoms with Gasteiger partial charge in [0.25, 0.3) is 0 Å². The molecule has 0 rings (SSSR count). The molecule has 0 aliphatic heterocycles. The van der Waals surface area contributed by atoms with Crippen molar-refractivity contribution < 1.29 is 9.53 Å². The van der Waals surface area contributed by atoms with Gasteiger partial charge in [-0.25, -0.2) is 4.79 Å². The van der Waals surface area contributed by atoms with E-state index in [1.807, 2.05) is 6.07 Å². The number of thioether (sulfide) groups is 1. The molecule has 14 heavy (non-hydrogen) atoms. The van der Waals surface area contributed by atoms with Gasteiger partial charge in [0.2, 0.25) is 0 Å². The molecule has 0 aliphatic carbocycles. The van der Waals surface area contributed by atoms with Crippen molar-refractivity contribution >= 4 is 17.7 Å². The number of nitrogens with zero attached hydrogens (tertiary/aromatic N) is 2. The smallest absolute Gasteiger partial charge is 0.347 e. The van der Waals surface area contributed by atoms with Crippen molar-refractivity contribution in [3.8, 4) is 11.5 Å². The third kappa shape index (κ3) is 4.39. The zero-order valence-corrected chi connectivity index (χ0v) is 8.43. The summed E-state index contributed by atoms with van der Waals surface area (Å²) in [5.41, 5.74) is 5.60. The first-order chi connectivity index (χ1) is 6.63. The first kappa shape index (κ1) is 12.3. The van der Waals surface area contributed by atoms with E-state index >= 15 is 0 Å². The maximum absolute atomic E-state index is 11.2. The van der Waals surface area contributed by atoms with Crippen LogP contribution in [0.5, 0.6) is 0 Å². The Morgan fingerprint density at radius 1 is 1.57 bits per heavy atom. The summed E-state index contributed by atoms with van der Waals surface area (Å²) >= 11 is 0.653. The molecule has 2 N–H and O–H groups in total. The summed E-state index contributed by atoms with van der Waals surface area (Å²) in [5.74, 6) is -0.660. The minimum absolute atomic E-state index is 0.0120. The van der Waals surface area contributed by atoms with Gasteiger partial charge in [0.05, 0.1) is 12.5 Å². The fourth-order valence-corrected chi connectivity index (χ4v) is 0.978. The highest BCUT2D eigenvalue weighted by molar-refractivity contribution is 8.08. The van der Waals surface area contributed by atoms with Crippen molar-refractivity contribution in [3.63, 3.8) is 0 Å². The molecule has 0 saturated heterocycles. The number of hydrogen-bond acceptors (Lipinski definition) is 6. The van der Waals surface area contributed by atoms with E-state index in [0.717, 1.165) is 0 Å². The Morgan fingerprint density at radius 2 is 2.21 bits per heavy atom. The molecule has 0 radical (unpaired) electrons. The average Bonchev–Trinajstić information content (AvgIpc) is 2.13. The number of carbonyl (C=O) groups excluding carboxylic acids is 1. The minimum Gasteiger partial charge on any atom is -0.461 e. The molecule has 0 aromatic carbocycles. The SMILES string of the molecule is C/C(N)=C(\SC#N)C(=O)OCCC#N. The highest BCUT2D eigenvalue weighted by Crippen LogP contribution is 2.17. The van der Waals surface area contributed by atoms with Crippen LogP contribution in [0.1, 0.15) is 13.3 Å². The fourth-order valence-electron chi connectivity index (χ4n) is 0.584. The quantitative estimate of drug-likeness (QED) is 0.320. The zero-order chi connectivity index (χ0) is 11.0. The molecule has 0 aromatic rings. The first-order valence-corrected chi connectivity index (χ1v) is 4.51. The van der Waals surface area contributed by atoms with Crippen molar-refractivity contribution in [1.29, 1.82) is 10.5 Å².